The van der Waals surface area contributed by atoms with Crippen molar-refractivity contribution < 1.29 is 9.18 Å². The van der Waals surface area contributed by atoms with E-state index >= 15 is 0 Å². The molecule has 4 aromatic rings. The van der Waals surface area contributed by atoms with Gasteiger partial charge in [0.1, 0.15) is 12.4 Å². The largest absolute Gasteiger partial charge is 0.343 e. The van der Waals surface area contributed by atoms with E-state index in [9.17, 15) is 14.0 Å². The number of nitrogens with zero attached hydrogens (tertiary/aromatic N) is 3. The molecule has 0 aliphatic rings. The number of carbonyl (C=O) groups is 1. The Morgan fingerprint density at radius 2 is 1.81 bits per heavy atom. The maximum absolute atomic E-state index is 13.2. The van der Waals surface area contributed by atoms with E-state index in [1.165, 1.54) is 16.8 Å². The Morgan fingerprint density at radius 3 is 2.53 bits per heavy atom. The molecule has 0 spiro atoms. The molecule has 0 radical (unpaired) electrons. The first-order valence-electron chi connectivity index (χ1n) is 10.6. The van der Waals surface area contributed by atoms with Gasteiger partial charge in [-0.3, -0.25) is 9.59 Å². The van der Waals surface area contributed by atoms with Gasteiger partial charge in [-0.1, -0.05) is 31.2 Å². The number of fused-ring (bicyclic) bond motifs is 1. The van der Waals surface area contributed by atoms with E-state index in [2.05, 4.69) is 10.4 Å². The Hall–Kier alpha value is -3.74. The molecule has 0 saturated heterocycles. The predicted octanol–water partition coefficient (Wildman–Crippen LogP) is 4.20. The molecule has 0 atom stereocenters. The number of halogens is 1. The first kappa shape index (κ1) is 21.5. The minimum absolute atomic E-state index is 0.174. The molecule has 0 aliphatic carbocycles. The van der Waals surface area contributed by atoms with Crippen molar-refractivity contribution in [2.45, 2.75) is 40.3 Å². The van der Waals surface area contributed by atoms with Gasteiger partial charge in [-0.15, -0.1) is 0 Å². The lowest BCUT2D eigenvalue weighted by Crippen LogP contribution is -2.29. The molecule has 1 N–H and O–H groups in total. The fraction of sp³-hybridized carbons (Fsp3) is 0.240. The van der Waals surface area contributed by atoms with Crippen LogP contribution in [0.25, 0.3) is 10.8 Å². The highest BCUT2D eigenvalue weighted by Gasteiger charge is 2.17. The summed E-state index contributed by atoms with van der Waals surface area (Å²) in [6, 6.07) is 13.9. The SMILES string of the molecule is CCc1cccc(NC(=O)Cn2ncc3c(C)n(Cc4ccc(F)cc4)c(C)c3c2=O)c1. The van der Waals surface area contributed by atoms with Gasteiger partial charge in [-0.2, -0.15) is 5.10 Å². The van der Waals surface area contributed by atoms with Crippen molar-refractivity contribution in [3.05, 3.63) is 93.4 Å². The van der Waals surface area contributed by atoms with Crippen LogP contribution in [-0.4, -0.2) is 20.3 Å². The third-order valence-corrected chi connectivity index (χ3v) is 5.77. The Balaban J connectivity index is 1.62. The molecule has 7 heteroatoms. The molecular formula is C25H25FN4O2. The number of carbonyl (C=O) groups excluding carboxylic acids is 1. The van der Waals surface area contributed by atoms with Crippen LogP contribution in [0.1, 0.15) is 29.4 Å². The lowest BCUT2D eigenvalue weighted by atomic mass is 10.1. The summed E-state index contributed by atoms with van der Waals surface area (Å²) in [5.41, 5.74) is 4.13. The molecule has 164 valence electrons. The molecule has 2 heterocycles. The second-order valence-electron chi connectivity index (χ2n) is 7.88. The first-order valence-corrected chi connectivity index (χ1v) is 10.6. The summed E-state index contributed by atoms with van der Waals surface area (Å²) in [7, 11) is 0. The van der Waals surface area contributed by atoms with Crippen LogP contribution in [0, 0.1) is 19.7 Å². The number of hydrogen-bond donors (Lipinski definition) is 1. The monoisotopic (exact) mass is 432 g/mol. The summed E-state index contributed by atoms with van der Waals surface area (Å²) in [6.45, 7) is 6.19. The van der Waals surface area contributed by atoms with Gasteiger partial charge in [0.25, 0.3) is 5.56 Å². The number of benzene rings is 2. The fourth-order valence-electron chi connectivity index (χ4n) is 3.97. The summed E-state index contributed by atoms with van der Waals surface area (Å²) in [5, 5.41) is 8.36. The lowest BCUT2D eigenvalue weighted by molar-refractivity contribution is -0.117. The van der Waals surface area contributed by atoms with Crippen molar-refractivity contribution in [3.8, 4) is 0 Å². The van der Waals surface area contributed by atoms with Crippen LogP contribution in [-0.2, 0) is 24.3 Å². The van der Waals surface area contributed by atoms with Gasteiger partial charge < -0.3 is 9.88 Å². The van der Waals surface area contributed by atoms with Gasteiger partial charge >= 0.3 is 0 Å². The zero-order valence-corrected chi connectivity index (χ0v) is 18.4. The van der Waals surface area contributed by atoms with Gasteiger partial charge in [-0.25, -0.2) is 9.07 Å². The van der Waals surface area contributed by atoms with Crippen molar-refractivity contribution in [2.24, 2.45) is 0 Å². The average molecular weight is 432 g/mol. The number of amides is 1. The Bertz CT molecular complexity index is 1350. The molecule has 4 rings (SSSR count). The second kappa shape index (κ2) is 8.78. The van der Waals surface area contributed by atoms with Crippen molar-refractivity contribution in [3.63, 3.8) is 0 Å². The van der Waals surface area contributed by atoms with Gasteiger partial charge in [0.2, 0.25) is 5.91 Å². The summed E-state index contributed by atoms with van der Waals surface area (Å²) in [5.74, 6) is -0.598. The van der Waals surface area contributed by atoms with Crippen LogP contribution < -0.4 is 10.9 Å². The van der Waals surface area contributed by atoms with Crippen LogP contribution >= 0.6 is 0 Å². The third-order valence-electron chi connectivity index (χ3n) is 5.77. The van der Waals surface area contributed by atoms with E-state index in [0.717, 1.165) is 34.3 Å². The highest BCUT2D eigenvalue weighted by molar-refractivity contribution is 5.91. The smallest absolute Gasteiger partial charge is 0.276 e. The zero-order valence-electron chi connectivity index (χ0n) is 18.4. The predicted molar refractivity (Wildman–Crippen MR) is 123 cm³/mol. The molecule has 0 bridgehead atoms. The van der Waals surface area contributed by atoms with Crippen LogP contribution in [0.3, 0.4) is 0 Å². The minimum atomic E-state index is -0.313. The molecule has 0 unspecified atom stereocenters. The first-order chi connectivity index (χ1) is 15.4. The molecule has 6 nitrogen and oxygen atoms in total. The number of anilines is 1. The molecule has 0 aliphatic heterocycles. The van der Waals surface area contributed by atoms with Crippen molar-refractivity contribution in [2.75, 3.05) is 5.32 Å². The molecule has 1 amide bonds. The Labute approximate surface area is 185 Å². The standard InChI is InChI=1S/C25H25FN4O2/c1-4-18-6-5-7-21(12-18)28-23(31)15-30-25(32)24-17(3)29(16(2)22(24)13-27-30)14-19-8-10-20(26)11-9-19/h5-13H,4,14-15H2,1-3H3,(H,28,31). The summed E-state index contributed by atoms with van der Waals surface area (Å²) < 4.78 is 16.4. The summed E-state index contributed by atoms with van der Waals surface area (Å²) >= 11 is 0. The van der Waals surface area contributed by atoms with Gasteiger partial charge in [0.15, 0.2) is 0 Å². The Kier molecular flexibility index (Phi) is 5.90. The number of rotatable bonds is 6. The van der Waals surface area contributed by atoms with Crippen LogP contribution in [0.4, 0.5) is 10.1 Å². The number of aromatic nitrogens is 3. The molecule has 32 heavy (non-hydrogen) atoms. The van der Waals surface area contributed by atoms with Crippen molar-refractivity contribution >= 4 is 22.4 Å². The van der Waals surface area contributed by atoms with E-state index in [-0.39, 0.29) is 23.8 Å². The summed E-state index contributed by atoms with van der Waals surface area (Å²) in [6.07, 6.45) is 2.50. The topological polar surface area (TPSA) is 68.9 Å². The van der Waals surface area contributed by atoms with E-state index in [0.29, 0.717) is 17.6 Å². The quantitative estimate of drug-likeness (QED) is 0.496. The van der Waals surface area contributed by atoms with E-state index in [4.69, 9.17) is 0 Å². The van der Waals surface area contributed by atoms with Gasteiger partial charge in [-0.05, 0) is 55.7 Å². The molecule has 2 aromatic heterocycles. The van der Waals surface area contributed by atoms with Gasteiger partial charge in [0.05, 0.1) is 11.6 Å². The van der Waals surface area contributed by atoms with Crippen LogP contribution in [0.2, 0.25) is 0 Å². The van der Waals surface area contributed by atoms with E-state index in [1.807, 2.05) is 49.6 Å². The highest BCUT2D eigenvalue weighted by atomic mass is 19.1. The van der Waals surface area contributed by atoms with E-state index < -0.39 is 0 Å². The van der Waals surface area contributed by atoms with Crippen LogP contribution in [0.15, 0.2) is 59.5 Å². The normalized spacial score (nSPS) is 11.1. The maximum atomic E-state index is 13.2. The highest BCUT2D eigenvalue weighted by Crippen LogP contribution is 2.23. The number of aryl methyl sites for hydroxylation is 3. The number of nitrogens with one attached hydrogen (secondary N) is 1. The fourth-order valence-corrected chi connectivity index (χ4v) is 3.97. The summed E-state index contributed by atoms with van der Waals surface area (Å²) in [4.78, 5) is 25.7. The molecule has 0 saturated carbocycles. The lowest BCUT2D eigenvalue weighted by Gasteiger charge is -2.09. The molecule has 2 aromatic carbocycles. The second-order valence-corrected chi connectivity index (χ2v) is 7.88. The number of hydrogen-bond acceptors (Lipinski definition) is 3. The van der Waals surface area contributed by atoms with Crippen LogP contribution in [0.5, 0.6) is 0 Å². The molecule has 0 fully saturated rings. The van der Waals surface area contributed by atoms with Crippen molar-refractivity contribution in [1.82, 2.24) is 14.3 Å². The average Bonchev–Trinajstić information content (AvgIpc) is 3.02. The van der Waals surface area contributed by atoms with Crippen molar-refractivity contribution in [1.29, 1.82) is 0 Å². The zero-order chi connectivity index (χ0) is 22.8. The third kappa shape index (κ3) is 4.19. The molecular weight excluding hydrogens is 407 g/mol. The van der Waals surface area contributed by atoms with E-state index in [1.54, 1.807) is 18.3 Å². The Morgan fingerprint density at radius 1 is 1.06 bits per heavy atom. The maximum Gasteiger partial charge on any atom is 0.276 e. The van der Waals surface area contributed by atoms with Gasteiger partial charge in [0, 0.05) is 29.0 Å². The minimum Gasteiger partial charge on any atom is -0.343 e.